The lowest BCUT2D eigenvalue weighted by Gasteiger charge is -2.22. The summed E-state index contributed by atoms with van der Waals surface area (Å²) in [6.07, 6.45) is 0.801. The van der Waals surface area contributed by atoms with E-state index >= 15 is 0 Å². The molecule has 0 spiro atoms. The fourth-order valence-electron chi connectivity index (χ4n) is 2.92. The summed E-state index contributed by atoms with van der Waals surface area (Å²) in [6.45, 7) is 6.35. The van der Waals surface area contributed by atoms with Crippen molar-refractivity contribution < 1.29 is 14.7 Å². The van der Waals surface area contributed by atoms with E-state index in [1.54, 1.807) is 9.58 Å². The summed E-state index contributed by atoms with van der Waals surface area (Å²) < 4.78 is 1.71. The van der Waals surface area contributed by atoms with Crippen LogP contribution < -0.4 is 5.32 Å². The first-order valence-corrected chi connectivity index (χ1v) is 7.08. The first-order valence-electron chi connectivity index (χ1n) is 7.08. The van der Waals surface area contributed by atoms with Crippen LogP contribution in [-0.2, 0) is 16.6 Å². The van der Waals surface area contributed by atoms with E-state index in [0.29, 0.717) is 12.2 Å². The van der Waals surface area contributed by atoms with Crippen molar-refractivity contribution >= 4 is 17.6 Å². The van der Waals surface area contributed by atoms with E-state index in [1.807, 2.05) is 27.8 Å². The summed E-state index contributed by atoms with van der Waals surface area (Å²) in [5, 5.41) is 16.4. The predicted octanol–water partition coefficient (Wildman–Crippen LogP) is 0.770. The maximum absolute atomic E-state index is 12.2. The number of hydrogen-bond donors (Lipinski definition) is 2. The van der Waals surface area contributed by atoms with E-state index in [-0.39, 0.29) is 18.4 Å². The number of aromatic nitrogens is 2. The van der Waals surface area contributed by atoms with Crippen LogP contribution in [0.5, 0.6) is 0 Å². The summed E-state index contributed by atoms with van der Waals surface area (Å²) in [5.41, 5.74) is 2.35. The Hall–Kier alpha value is -1.89. The molecule has 1 amide bonds. The SMILES string of the molecule is Cc1nn(C)c(C)c1NC(=O)CN1CCC(C)C1C(=O)O. The van der Waals surface area contributed by atoms with Gasteiger partial charge in [0, 0.05) is 7.05 Å². The van der Waals surface area contributed by atoms with Gasteiger partial charge in [0.05, 0.1) is 23.6 Å². The van der Waals surface area contributed by atoms with E-state index in [4.69, 9.17) is 0 Å². The molecule has 0 radical (unpaired) electrons. The number of hydrogen-bond acceptors (Lipinski definition) is 4. The molecule has 1 aliphatic rings. The number of anilines is 1. The molecule has 1 aliphatic heterocycles. The number of amides is 1. The van der Waals surface area contributed by atoms with Crippen LogP contribution in [0.15, 0.2) is 0 Å². The summed E-state index contributed by atoms with van der Waals surface area (Å²) in [7, 11) is 1.82. The number of carbonyl (C=O) groups is 2. The third kappa shape index (κ3) is 3.07. The van der Waals surface area contributed by atoms with Crippen LogP contribution in [0.1, 0.15) is 24.7 Å². The van der Waals surface area contributed by atoms with E-state index in [0.717, 1.165) is 17.8 Å². The molecule has 2 rings (SSSR count). The summed E-state index contributed by atoms with van der Waals surface area (Å²) in [6, 6.07) is -0.577. The van der Waals surface area contributed by atoms with Gasteiger partial charge in [-0.1, -0.05) is 6.92 Å². The maximum atomic E-state index is 12.2. The molecule has 2 atom stereocenters. The van der Waals surface area contributed by atoms with E-state index in [1.165, 1.54) is 0 Å². The van der Waals surface area contributed by atoms with Crippen LogP contribution in [0.25, 0.3) is 0 Å². The number of carboxylic acid groups (broad SMARTS) is 1. The normalized spacial score (nSPS) is 22.5. The van der Waals surface area contributed by atoms with Gasteiger partial charge in [-0.2, -0.15) is 5.10 Å². The summed E-state index contributed by atoms with van der Waals surface area (Å²) >= 11 is 0. The van der Waals surface area contributed by atoms with Gasteiger partial charge in [0.1, 0.15) is 6.04 Å². The predicted molar refractivity (Wildman–Crippen MR) is 78.1 cm³/mol. The van der Waals surface area contributed by atoms with Gasteiger partial charge >= 0.3 is 5.97 Å². The van der Waals surface area contributed by atoms with Gasteiger partial charge in [0.25, 0.3) is 0 Å². The Labute approximate surface area is 123 Å². The summed E-state index contributed by atoms with van der Waals surface area (Å²) in [5.74, 6) is -0.992. The second kappa shape index (κ2) is 5.85. The lowest BCUT2D eigenvalue weighted by Crippen LogP contribution is -2.43. The van der Waals surface area contributed by atoms with Crippen molar-refractivity contribution in [3.8, 4) is 0 Å². The largest absolute Gasteiger partial charge is 0.480 e. The number of likely N-dealkylation sites (tertiary alicyclic amines) is 1. The fourth-order valence-corrected chi connectivity index (χ4v) is 2.92. The minimum atomic E-state index is -0.860. The van der Waals surface area contributed by atoms with Crippen molar-refractivity contribution in [1.82, 2.24) is 14.7 Å². The highest BCUT2D eigenvalue weighted by molar-refractivity contribution is 5.93. The Morgan fingerprint density at radius 1 is 1.43 bits per heavy atom. The molecule has 0 saturated carbocycles. The lowest BCUT2D eigenvalue weighted by molar-refractivity contribution is -0.143. The molecular weight excluding hydrogens is 272 g/mol. The number of rotatable bonds is 4. The van der Waals surface area contributed by atoms with Gasteiger partial charge in [0.15, 0.2) is 0 Å². The number of nitrogens with zero attached hydrogens (tertiary/aromatic N) is 3. The minimum absolute atomic E-state index is 0.0668. The number of carbonyl (C=O) groups excluding carboxylic acids is 1. The van der Waals surface area contributed by atoms with Crippen LogP contribution >= 0.6 is 0 Å². The molecule has 1 fully saturated rings. The molecule has 21 heavy (non-hydrogen) atoms. The smallest absolute Gasteiger partial charge is 0.321 e. The monoisotopic (exact) mass is 294 g/mol. The molecule has 0 aliphatic carbocycles. The Morgan fingerprint density at radius 3 is 2.62 bits per heavy atom. The molecule has 1 aromatic rings. The molecule has 2 unspecified atom stereocenters. The van der Waals surface area contributed by atoms with E-state index in [9.17, 15) is 14.7 Å². The third-order valence-electron chi connectivity index (χ3n) is 4.18. The fraction of sp³-hybridized carbons (Fsp3) is 0.643. The second-order valence-electron chi connectivity index (χ2n) is 5.74. The van der Waals surface area contributed by atoms with Gasteiger partial charge in [-0.3, -0.25) is 19.2 Å². The van der Waals surface area contributed by atoms with Crippen LogP contribution in [0.2, 0.25) is 0 Å². The highest BCUT2D eigenvalue weighted by atomic mass is 16.4. The van der Waals surface area contributed by atoms with E-state index < -0.39 is 12.0 Å². The first-order chi connectivity index (χ1) is 9.81. The highest BCUT2D eigenvalue weighted by Crippen LogP contribution is 2.24. The zero-order valence-corrected chi connectivity index (χ0v) is 12.9. The average Bonchev–Trinajstić information content (AvgIpc) is 2.85. The van der Waals surface area contributed by atoms with E-state index in [2.05, 4.69) is 10.4 Å². The maximum Gasteiger partial charge on any atom is 0.321 e. The minimum Gasteiger partial charge on any atom is -0.480 e. The summed E-state index contributed by atoms with van der Waals surface area (Å²) in [4.78, 5) is 25.2. The Bertz CT molecular complexity index is 567. The zero-order chi connectivity index (χ0) is 15.7. The van der Waals surface area contributed by atoms with Crippen molar-refractivity contribution in [1.29, 1.82) is 0 Å². The second-order valence-corrected chi connectivity index (χ2v) is 5.74. The molecular formula is C14H22N4O3. The Morgan fingerprint density at radius 2 is 2.10 bits per heavy atom. The number of aliphatic carboxylic acids is 1. The van der Waals surface area contributed by atoms with Crippen molar-refractivity contribution in [2.24, 2.45) is 13.0 Å². The Balaban J connectivity index is 2.03. The lowest BCUT2D eigenvalue weighted by atomic mass is 10.0. The molecule has 7 heteroatoms. The van der Waals surface area contributed by atoms with Gasteiger partial charge < -0.3 is 10.4 Å². The standard InChI is InChI=1S/C14H22N4O3/c1-8-5-6-18(13(8)14(20)21)7-11(19)15-12-9(2)16-17(4)10(12)3/h8,13H,5-7H2,1-4H3,(H,15,19)(H,20,21). The molecule has 7 nitrogen and oxygen atoms in total. The van der Waals surface area contributed by atoms with Crippen molar-refractivity contribution in [2.75, 3.05) is 18.4 Å². The van der Waals surface area contributed by atoms with Crippen molar-refractivity contribution in [2.45, 2.75) is 33.2 Å². The van der Waals surface area contributed by atoms with Gasteiger partial charge in [-0.15, -0.1) is 0 Å². The number of aryl methyl sites for hydroxylation is 2. The van der Waals surface area contributed by atoms with Crippen molar-refractivity contribution in [3.63, 3.8) is 0 Å². The number of carboxylic acids is 1. The van der Waals surface area contributed by atoms with Crippen LogP contribution in [0.4, 0.5) is 5.69 Å². The van der Waals surface area contributed by atoms with Gasteiger partial charge in [0.2, 0.25) is 5.91 Å². The molecule has 116 valence electrons. The van der Waals surface area contributed by atoms with Crippen LogP contribution in [0.3, 0.4) is 0 Å². The third-order valence-corrected chi connectivity index (χ3v) is 4.18. The molecule has 2 heterocycles. The Kier molecular flexibility index (Phi) is 4.32. The topological polar surface area (TPSA) is 87.5 Å². The van der Waals surface area contributed by atoms with Gasteiger partial charge in [-0.05, 0) is 32.7 Å². The first kappa shape index (κ1) is 15.5. The van der Waals surface area contributed by atoms with Crippen molar-refractivity contribution in [3.05, 3.63) is 11.4 Å². The van der Waals surface area contributed by atoms with Gasteiger partial charge in [-0.25, -0.2) is 0 Å². The number of nitrogens with one attached hydrogen (secondary N) is 1. The van der Waals surface area contributed by atoms with Crippen LogP contribution in [0, 0.1) is 19.8 Å². The zero-order valence-electron chi connectivity index (χ0n) is 12.9. The molecule has 0 bridgehead atoms. The van der Waals surface area contributed by atoms with Crippen LogP contribution in [-0.4, -0.2) is 50.8 Å². The molecule has 1 saturated heterocycles. The average molecular weight is 294 g/mol. The molecule has 1 aromatic heterocycles. The highest BCUT2D eigenvalue weighted by Gasteiger charge is 2.37. The molecule has 0 aromatic carbocycles. The molecule has 2 N–H and O–H groups in total. The quantitative estimate of drug-likeness (QED) is 0.856.